The second-order valence-corrected chi connectivity index (χ2v) is 7.39. The van der Waals surface area contributed by atoms with E-state index in [1.807, 2.05) is 0 Å². The first-order valence-corrected chi connectivity index (χ1v) is 8.73. The normalized spacial score (nSPS) is 11.4. The summed E-state index contributed by atoms with van der Waals surface area (Å²) < 4.78 is 7.13. The topological polar surface area (TPSA) is 112 Å². The summed E-state index contributed by atoms with van der Waals surface area (Å²) in [5.41, 5.74) is 0.851. The molecule has 0 aliphatic rings. The van der Waals surface area contributed by atoms with Crippen molar-refractivity contribution in [2.75, 3.05) is 5.32 Å². The summed E-state index contributed by atoms with van der Waals surface area (Å²) in [6, 6.07) is 9.82. The molecule has 1 amide bonds. The number of hydrogen-bond donors (Lipinski definition) is 1. The Morgan fingerprint density at radius 3 is 2.70 bits per heavy atom. The molecule has 140 valence electrons. The van der Waals surface area contributed by atoms with Crippen molar-refractivity contribution in [1.82, 2.24) is 14.6 Å². The molecule has 0 aliphatic carbocycles. The van der Waals surface area contributed by atoms with E-state index in [4.69, 9.17) is 4.74 Å². The molecule has 27 heavy (non-hydrogen) atoms. The molecule has 3 rings (SSSR count). The highest BCUT2D eigenvalue weighted by molar-refractivity contribution is 9.10. The van der Waals surface area contributed by atoms with Crippen LogP contribution in [0.15, 0.2) is 41.1 Å². The molecular formula is C17H16BrN5O4. The zero-order valence-electron chi connectivity index (χ0n) is 14.8. The fraction of sp³-hybridized carbons (Fsp3) is 0.235. The average molecular weight is 434 g/mol. The molecule has 0 fully saturated rings. The number of carbonyl (C=O) groups excluding carboxylic acids is 1. The molecule has 0 radical (unpaired) electrons. The monoisotopic (exact) mass is 433 g/mol. The molecule has 1 aromatic carbocycles. The number of ether oxygens (including phenoxy) is 1. The highest BCUT2D eigenvalue weighted by Crippen LogP contribution is 2.31. The summed E-state index contributed by atoms with van der Waals surface area (Å²) in [6.07, 6.45) is -0.763. The number of carbonyl (C=O) groups is 1. The van der Waals surface area contributed by atoms with Crippen LogP contribution in [-0.4, -0.2) is 31.2 Å². The molecule has 0 bridgehead atoms. The third-order valence-corrected chi connectivity index (χ3v) is 3.80. The molecular weight excluding hydrogens is 418 g/mol. The van der Waals surface area contributed by atoms with E-state index in [1.54, 1.807) is 49.6 Å². The standard InChI is InChI=1S/C17H16BrN5O4/c1-17(2,3)27-16(24)19-11-8-7-10(9-13(11)23(25)26)12-5-4-6-14-20-15(18)21-22(12)14/h4-9H,1-3H3,(H,19,24). The molecule has 2 heterocycles. The zero-order chi connectivity index (χ0) is 19.8. The van der Waals surface area contributed by atoms with E-state index in [9.17, 15) is 14.9 Å². The first kappa shape index (κ1) is 18.8. The average Bonchev–Trinajstić information content (AvgIpc) is 2.93. The number of amides is 1. The fourth-order valence-electron chi connectivity index (χ4n) is 2.46. The van der Waals surface area contributed by atoms with E-state index in [0.29, 0.717) is 21.6 Å². The van der Waals surface area contributed by atoms with Crippen molar-refractivity contribution < 1.29 is 14.5 Å². The first-order valence-electron chi connectivity index (χ1n) is 7.94. The SMILES string of the molecule is CC(C)(C)OC(=O)Nc1ccc(-c2cccc3nc(Br)nn23)cc1[N+](=O)[O-]. The number of nitrogens with one attached hydrogen (secondary N) is 1. The van der Waals surface area contributed by atoms with Gasteiger partial charge in [0.25, 0.3) is 5.69 Å². The number of nitro groups is 1. The van der Waals surface area contributed by atoms with Gasteiger partial charge in [-0.1, -0.05) is 12.1 Å². The van der Waals surface area contributed by atoms with Gasteiger partial charge in [-0.2, -0.15) is 0 Å². The van der Waals surface area contributed by atoms with E-state index >= 15 is 0 Å². The number of aromatic nitrogens is 3. The smallest absolute Gasteiger partial charge is 0.412 e. The van der Waals surface area contributed by atoms with Crippen LogP contribution in [0.25, 0.3) is 16.9 Å². The van der Waals surface area contributed by atoms with E-state index < -0.39 is 16.6 Å². The Labute approximate surface area is 162 Å². The molecule has 0 saturated heterocycles. The van der Waals surface area contributed by atoms with Gasteiger partial charge in [0, 0.05) is 11.6 Å². The van der Waals surface area contributed by atoms with E-state index in [1.165, 1.54) is 12.1 Å². The van der Waals surface area contributed by atoms with Crippen LogP contribution in [0, 0.1) is 10.1 Å². The number of rotatable bonds is 3. The summed E-state index contributed by atoms with van der Waals surface area (Å²) in [6.45, 7) is 5.13. The van der Waals surface area contributed by atoms with Crippen LogP contribution in [0.3, 0.4) is 0 Å². The van der Waals surface area contributed by atoms with Gasteiger partial charge in [0.2, 0.25) is 4.73 Å². The maximum Gasteiger partial charge on any atom is 0.412 e. The van der Waals surface area contributed by atoms with E-state index in [-0.39, 0.29) is 11.4 Å². The number of hydrogen-bond acceptors (Lipinski definition) is 6. The lowest BCUT2D eigenvalue weighted by Crippen LogP contribution is -2.27. The number of halogens is 1. The highest BCUT2D eigenvalue weighted by atomic mass is 79.9. The Bertz CT molecular complexity index is 1040. The third-order valence-electron chi connectivity index (χ3n) is 3.46. The molecule has 0 spiro atoms. The summed E-state index contributed by atoms with van der Waals surface area (Å²) in [5, 5.41) is 18.2. The Kier molecular flexibility index (Phi) is 4.83. The Balaban J connectivity index is 2.01. The van der Waals surface area contributed by atoms with Crippen molar-refractivity contribution in [3.8, 4) is 11.3 Å². The van der Waals surface area contributed by atoms with Crippen LogP contribution in [0.4, 0.5) is 16.2 Å². The van der Waals surface area contributed by atoms with Crippen molar-refractivity contribution in [2.45, 2.75) is 26.4 Å². The lowest BCUT2D eigenvalue weighted by Gasteiger charge is -2.19. The summed E-state index contributed by atoms with van der Waals surface area (Å²) in [4.78, 5) is 27.1. The number of nitrogens with zero attached hydrogens (tertiary/aromatic N) is 4. The van der Waals surface area contributed by atoms with Crippen LogP contribution in [0.5, 0.6) is 0 Å². The summed E-state index contributed by atoms with van der Waals surface area (Å²) >= 11 is 3.22. The summed E-state index contributed by atoms with van der Waals surface area (Å²) in [5.74, 6) is 0. The lowest BCUT2D eigenvalue weighted by atomic mass is 10.1. The van der Waals surface area contributed by atoms with E-state index in [0.717, 1.165) is 0 Å². The van der Waals surface area contributed by atoms with Gasteiger partial charge in [-0.3, -0.25) is 15.4 Å². The fourth-order valence-corrected chi connectivity index (χ4v) is 2.80. The van der Waals surface area contributed by atoms with Gasteiger partial charge in [0.05, 0.1) is 10.6 Å². The van der Waals surface area contributed by atoms with Gasteiger partial charge < -0.3 is 4.74 Å². The molecule has 0 atom stereocenters. The Morgan fingerprint density at radius 1 is 1.30 bits per heavy atom. The molecule has 2 aromatic heterocycles. The molecule has 3 aromatic rings. The number of nitro benzene ring substituents is 1. The van der Waals surface area contributed by atoms with Crippen LogP contribution < -0.4 is 5.32 Å². The van der Waals surface area contributed by atoms with Gasteiger partial charge in [-0.15, -0.1) is 5.10 Å². The van der Waals surface area contributed by atoms with Gasteiger partial charge in [-0.25, -0.2) is 14.3 Å². The maximum atomic E-state index is 12.0. The molecule has 0 aliphatic heterocycles. The molecule has 0 saturated carbocycles. The maximum absolute atomic E-state index is 12.0. The predicted octanol–water partition coefficient (Wildman–Crippen LogP) is 4.41. The van der Waals surface area contributed by atoms with Crippen molar-refractivity contribution in [2.24, 2.45) is 0 Å². The van der Waals surface area contributed by atoms with Gasteiger partial charge in [0.1, 0.15) is 11.3 Å². The van der Waals surface area contributed by atoms with Crippen LogP contribution >= 0.6 is 15.9 Å². The number of pyridine rings is 1. The number of fused-ring (bicyclic) bond motifs is 1. The van der Waals surface area contributed by atoms with Gasteiger partial charge >= 0.3 is 6.09 Å². The quantitative estimate of drug-likeness (QED) is 0.483. The summed E-state index contributed by atoms with van der Waals surface area (Å²) in [7, 11) is 0. The van der Waals surface area contributed by atoms with Crippen LogP contribution in [0.1, 0.15) is 20.8 Å². The zero-order valence-corrected chi connectivity index (χ0v) is 16.3. The second-order valence-electron chi connectivity index (χ2n) is 6.68. The number of benzene rings is 1. The largest absolute Gasteiger partial charge is 0.444 e. The third kappa shape index (κ3) is 4.22. The minimum Gasteiger partial charge on any atom is -0.444 e. The van der Waals surface area contributed by atoms with Crippen LogP contribution in [0.2, 0.25) is 0 Å². The van der Waals surface area contributed by atoms with Crippen molar-refractivity contribution in [3.05, 3.63) is 51.2 Å². The van der Waals surface area contributed by atoms with Crippen molar-refractivity contribution in [1.29, 1.82) is 0 Å². The first-order chi connectivity index (χ1) is 12.6. The molecule has 10 heteroatoms. The molecule has 1 N–H and O–H groups in total. The van der Waals surface area contributed by atoms with Gasteiger partial charge in [0.15, 0.2) is 5.65 Å². The van der Waals surface area contributed by atoms with Crippen molar-refractivity contribution >= 4 is 39.0 Å². The minimum atomic E-state index is -0.763. The highest BCUT2D eigenvalue weighted by Gasteiger charge is 2.22. The Morgan fingerprint density at radius 2 is 2.04 bits per heavy atom. The van der Waals surface area contributed by atoms with Gasteiger partial charge in [-0.05, 0) is 54.9 Å². The van der Waals surface area contributed by atoms with Crippen molar-refractivity contribution in [3.63, 3.8) is 0 Å². The second kappa shape index (κ2) is 6.95. The Hall–Kier alpha value is -3.01. The molecule has 0 unspecified atom stereocenters. The molecule has 9 nitrogen and oxygen atoms in total. The minimum absolute atomic E-state index is 0.0462. The lowest BCUT2D eigenvalue weighted by molar-refractivity contribution is -0.383. The van der Waals surface area contributed by atoms with Crippen LogP contribution in [-0.2, 0) is 4.74 Å². The van der Waals surface area contributed by atoms with E-state index in [2.05, 4.69) is 31.3 Å². The number of anilines is 1. The predicted molar refractivity (Wildman–Crippen MR) is 103 cm³/mol.